The monoisotopic (exact) mass is 674 g/mol. The van der Waals surface area contributed by atoms with Crippen molar-refractivity contribution < 1.29 is 8.83 Å². The number of benzene rings is 5. The van der Waals surface area contributed by atoms with Crippen molar-refractivity contribution in [3.8, 4) is 0 Å². The number of allylic oxidation sites excluding steroid dienone is 4. The summed E-state index contributed by atoms with van der Waals surface area (Å²) in [5, 5.41) is 3.40. The van der Waals surface area contributed by atoms with Crippen LogP contribution in [-0.2, 0) is 6.42 Å². The molecule has 0 aliphatic heterocycles. The molecule has 0 unspecified atom stereocenters. The zero-order chi connectivity index (χ0) is 31.3. The summed E-state index contributed by atoms with van der Waals surface area (Å²) in [4.78, 5) is 4.63. The van der Waals surface area contributed by atoms with Crippen LogP contribution in [0.1, 0.15) is 30.6 Å². The first kappa shape index (κ1) is 28.0. The third kappa shape index (κ3) is 4.99. The van der Waals surface area contributed by atoms with E-state index in [9.17, 15) is 0 Å². The Labute approximate surface area is 281 Å². The Hall–Kier alpha value is -5.26. The molecule has 47 heavy (non-hydrogen) atoms. The molecular formula is C42H31BrN2O2. The van der Waals surface area contributed by atoms with Crippen molar-refractivity contribution in [1.82, 2.24) is 0 Å². The Bertz CT molecular complexity index is 2390. The molecule has 0 N–H and O–H groups in total. The summed E-state index contributed by atoms with van der Waals surface area (Å²) in [6, 6.07) is 38.5. The minimum absolute atomic E-state index is 0.854. The number of nitrogens with zero attached hydrogens (tertiary/aromatic N) is 2. The lowest BCUT2D eigenvalue weighted by molar-refractivity contribution is 0.595. The number of hydrogen-bond donors (Lipinski definition) is 0. The highest BCUT2D eigenvalue weighted by molar-refractivity contribution is 9.10. The molecule has 0 bridgehead atoms. The summed E-state index contributed by atoms with van der Waals surface area (Å²) in [6.45, 7) is 0. The van der Waals surface area contributed by atoms with Gasteiger partial charge in [-0.25, -0.2) is 0 Å². The molecule has 4 nitrogen and oxygen atoms in total. The van der Waals surface area contributed by atoms with Crippen LogP contribution in [0.2, 0.25) is 0 Å². The van der Waals surface area contributed by atoms with Crippen molar-refractivity contribution in [3.05, 3.63) is 155 Å². The topological polar surface area (TPSA) is 32.8 Å². The van der Waals surface area contributed by atoms with Crippen molar-refractivity contribution in [2.24, 2.45) is 0 Å². The van der Waals surface area contributed by atoms with E-state index >= 15 is 0 Å². The molecule has 0 fully saturated rings. The van der Waals surface area contributed by atoms with Gasteiger partial charge in [0.05, 0.1) is 0 Å². The lowest BCUT2D eigenvalue weighted by Gasteiger charge is -2.30. The third-order valence-corrected chi connectivity index (χ3v) is 9.61. The van der Waals surface area contributed by atoms with E-state index in [4.69, 9.17) is 8.83 Å². The fraction of sp³-hybridized carbons (Fsp3) is 0.0952. The normalized spacial score (nSPS) is 14.1. The van der Waals surface area contributed by atoms with E-state index in [0.29, 0.717) is 0 Å². The van der Waals surface area contributed by atoms with Crippen LogP contribution in [0.25, 0.3) is 39.0 Å². The Kier molecular flexibility index (Phi) is 6.86. The Morgan fingerprint density at radius 2 is 1.21 bits per heavy atom. The smallest absolute Gasteiger partial charge is 0.137 e. The van der Waals surface area contributed by atoms with Crippen LogP contribution < -0.4 is 9.80 Å². The molecular weight excluding hydrogens is 644 g/mol. The molecule has 2 heterocycles. The summed E-state index contributed by atoms with van der Waals surface area (Å²) < 4.78 is 13.8. The van der Waals surface area contributed by atoms with Crippen molar-refractivity contribution >= 4 is 83.4 Å². The highest BCUT2D eigenvalue weighted by atomic mass is 79.9. The van der Waals surface area contributed by atoms with Gasteiger partial charge in [-0.1, -0.05) is 70.6 Å². The lowest BCUT2D eigenvalue weighted by Crippen LogP contribution is -2.17. The molecule has 2 aromatic heterocycles. The van der Waals surface area contributed by atoms with Crippen LogP contribution >= 0.6 is 15.9 Å². The number of anilines is 5. The van der Waals surface area contributed by atoms with Gasteiger partial charge in [-0.15, -0.1) is 0 Å². The second kappa shape index (κ2) is 11.5. The average Bonchev–Trinajstić information content (AvgIpc) is 3.67. The van der Waals surface area contributed by atoms with Gasteiger partial charge in [0.1, 0.15) is 22.5 Å². The molecule has 2 aliphatic rings. The van der Waals surface area contributed by atoms with Crippen LogP contribution in [0.5, 0.6) is 0 Å². The first-order valence-corrected chi connectivity index (χ1v) is 16.9. The SMILES string of the molecule is Brc1cc(N(C2=CCCC=C2)c2ccccc2)cc(N(c2ccc3c4c(oc3c2)C=CCC4)c2ccc3c(c2)oc2ccccc23)c1. The second-order valence-electron chi connectivity index (χ2n) is 12.1. The molecule has 0 saturated carbocycles. The predicted octanol–water partition coefficient (Wildman–Crippen LogP) is 12.9. The lowest BCUT2D eigenvalue weighted by atomic mass is 10.0. The van der Waals surface area contributed by atoms with Gasteiger partial charge in [-0.2, -0.15) is 0 Å². The van der Waals surface area contributed by atoms with Gasteiger partial charge in [-0.05, 0) is 98.5 Å². The van der Waals surface area contributed by atoms with Crippen molar-refractivity contribution in [2.45, 2.75) is 25.7 Å². The average molecular weight is 676 g/mol. The van der Waals surface area contributed by atoms with Gasteiger partial charge in [0.25, 0.3) is 0 Å². The summed E-state index contributed by atoms with van der Waals surface area (Å²) in [5.41, 5.74) is 10.3. The van der Waals surface area contributed by atoms with E-state index in [2.05, 4.69) is 153 Å². The third-order valence-electron chi connectivity index (χ3n) is 9.15. The molecule has 9 rings (SSSR count). The fourth-order valence-electron chi connectivity index (χ4n) is 7.01. The van der Waals surface area contributed by atoms with E-state index < -0.39 is 0 Å². The van der Waals surface area contributed by atoms with Crippen LogP contribution in [0.15, 0.2) is 153 Å². The number of furan rings is 2. The van der Waals surface area contributed by atoms with E-state index in [1.165, 1.54) is 10.9 Å². The molecule has 7 aromatic rings. The van der Waals surface area contributed by atoms with Gasteiger partial charge >= 0.3 is 0 Å². The molecule has 0 atom stereocenters. The molecule has 2 aliphatic carbocycles. The summed E-state index contributed by atoms with van der Waals surface area (Å²) in [5.74, 6) is 0.968. The largest absolute Gasteiger partial charge is 0.456 e. The molecule has 0 saturated heterocycles. The molecule has 0 amide bonds. The minimum atomic E-state index is 0.854. The van der Waals surface area contributed by atoms with Crippen molar-refractivity contribution in [3.63, 3.8) is 0 Å². The van der Waals surface area contributed by atoms with Crippen LogP contribution in [-0.4, -0.2) is 0 Å². The first-order chi connectivity index (χ1) is 23.2. The van der Waals surface area contributed by atoms with Gasteiger partial charge in [-0.3, -0.25) is 0 Å². The van der Waals surface area contributed by atoms with Gasteiger partial charge in [0, 0.05) is 72.5 Å². The highest BCUT2D eigenvalue weighted by Gasteiger charge is 2.22. The zero-order valence-electron chi connectivity index (χ0n) is 25.7. The summed E-state index contributed by atoms with van der Waals surface area (Å²) >= 11 is 3.90. The molecule has 5 aromatic carbocycles. The van der Waals surface area contributed by atoms with Gasteiger partial charge < -0.3 is 18.6 Å². The summed E-state index contributed by atoms with van der Waals surface area (Å²) in [6.07, 6.45) is 15.2. The van der Waals surface area contributed by atoms with Crippen LogP contribution in [0.3, 0.4) is 0 Å². The fourth-order valence-corrected chi connectivity index (χ4v) is 7.48. The van der Waals surface area contributed by atoms with E-state index in [1.807, 2.05) is 12.1 Å². The number of para-hydroxylation sites is 2. The zero-order valence-corrected chi connectivity index (χ0v) is 27.3. The quantitative estimate of drug-likeness (QED) is 0.176. The Morgan fingerprint density at radius 3 is 2.02 bits per heavy atom. The minimum Gasteiger partial charge on any atom is -0.456 e. The molecule has 228 valence electrons. The first-order valence-electron chi connectivity index (χ1n) is 16.2. The number of aryl methyl sites for hydroxylation is 1. The molecule has 0 radical (unpaired) electrons. The van der Waals surface area contributed by atoms with Crippen LogP contribution in [0, 0.1) is 0 Å². The van der Waals surface area contributed by atoms with E-state index in [1.54, 1.807) is 0 Å². The maximum absolute atomic E-state index is 6.42. The van der Waals surface area contributed by atoms with Crippen molar-refractivity contribution in [2.75, 3.05) is 9.80 Å². The Balaban J connectivity index is 1.25. The number of halogens is 1. The predicted molar refractivity (Wildman–Crippen MR) is 198 cm³/mol. The van der Waals surface area contributed by atoms with Crippen molar-refractivity contribution in [1.29, 1.82) is 0 Å². The maximum Gasteiger partial charge on any atom is 0.137 e. The van der Waals surface area contributed by atoms with Gasteiger partial charge in [0.2, 0.25) is 0 Å². The number of rotatable bonds is 6. The second-order valence-corrected chi connectivity index (χ2v) is 13.0. The van der Waals surface area contributed by atoms with E-state index in [0.717, 1.165) is 97.6 Å². The maximum atomic E-state index is 6.42. The Morgan fingerprint density at radius 1 is 0.511 bits per heavy atom. The summed E-state index contributed by atoms with van der Waals surface area (Å²) in [7, 11) is 0. The molecule has 5 heteroatoms. The number of hydrogen-bond acceptors (Lipinski definition) is 4. The number of fused-ring (bicyclic) bond motifs is 6. The molecule has 0 spiro atoms. The van der Waals surface area contributed by atoms with Crippen LogP contribution in [0.4, 0.5) is 28.4 Å². The standard InChI is InChI=1S/C42H31BrN2O2/c43-28-23-33(44(29-11-3-1-4-12-29)30-13-5-2-6-14-30)25-34(24-28)45(31-19-21-37-35-15-7-9-17-39(35)46-41(37)26-31)32-20-22-38-36-16-8-10-18-40(36)47-42(38)27-32/h1,3-5,7,9-15,17-27H,2,6,8,16H2. The van der Waals surface area contributed by atoms with E-state index in [-0.39, 0.29) is 0 Å². The van der Waals surface area contributed by atoms with Gasteiger partial charge in [0.15, 0.2) is 0 Å². The highest BCUT2D eigenvalue weighted by Crippen LogP contribution is 2.44.